The second-order valence-electron chi connectivity index (χ2n) is 4.03. The first-order chi connectivity index (χ1) is 7.04. The molecule has 1 rings (SSSR count). The Labute approximate surface area is 91.4 Å². The average molecular weight is 205 g/mol. The quantitative estimate of drug-likeness (QED) is 0.335. The lowest BCUT2D eigenvalue weighted by Crippen LogP contribution is -2.32. The van der Waals surface area contributed by atoms with Gasteiger partial charge >= 0.3 is 0 Å². The van der Waals surface area contributed by atoms with E-state index < -0.39 is 0 Å². The minimum absolute atomic E-state index is 0.232. The van der Waals surface area contributed by atoms with Crippen molar-refractivity contribution in [3.8, 4) is 0 Å². The summed E-state index contributed by atoms with van der Waals surface area (Å²) in [5.74, 6) is 6.25. The van der Waals surface area contributed by atoms with Gasteiger partial charge in [0.2, 0.25) is 0 Å². The lowest BCUT2D eigenvalue weighted by Gasteiger charge is -2.11. The summed E-state index contributed by atoms with van der Waals surface area (Å²) in [6, 6.07) is 6.49. The lowest BCUT2D eigenvalue weighted by molar-refractivity contribution is 0.820. The Bertz CT molecular complexity index is 367. The molecule has 0 radical (unpaired) electrons. The molecule has 3 N–H and O–H groups in total. The maximum atomic E-state index is 5.49. The SMILES string of the molecule is Cc1ccc(C)c(C(=NC(C)C)NN)c1. The van der Waals surface area contributed by atoms with Gasteiger partial charge in [-0.1, -0.05) is 17.7 Å². The first kappa shape index (κ1) is 11.7. The van der Waals surface area contributed by atoms with Gasteiger partial charge in [-0.25, -0.2) is 5.84 Å². The van der Waals surface area contributed by atoms with Crippen LogP contribution in [-0.2, 0) is 0 Å². The molecule has 82 valence electrons. The normalized spacial score (nSPS) is 12.0. The highest BCUT2D eigenvalue weighted by Crippen LogP contribution is 2.11. The average Bonchev–Trinajstić information content (AvgIpc) is 2.18. The van der Waals surface area contributed by atoms with E-state index in [2.05, 4.69) is 42.5 Å². The fourth-order valence-electron chi connectivity index (χ4n) is 1.43. The largest absolute Gasteiger partial charge is 0.308 e. The third-order valence-corrected chi connectivity index (χ3v) is 2.17. The number of aliphatic imine (C=N–C) groups is 1. The van der Waals surface area contributed by atoms with Gasteiger partial charge in [0.25, 0.3) is 0 Å². The number of hydrogen-bond acceptors (Lipinski definition) is 2. The van der Waals surface area contributed by atoms with Gasteiger partial charge in [0.15, 0.2) is 0 Å². The van der Waals surface area contributed by atoms with Crippen molar-refractivity contribution >= 4 is 5.84 Å². The Hall–Kier alpha value is -1.35. The number of benzene rings is 1. The molecule has 0 saturated heterocycles. The number of rotatable bonds is 2. The molecule has 0 saturated carbocycles. The Balaban J connectivity index is 3.17. The van der Waals surface area contributed by atoms with Crippen molar-refractivity contribution in [3.05, 3.63) is 34.9 Å². The van der Waals surface area contributed by atoms with E-state index in [1.54, 1.807) is 0 Å². The molecule has 0 heterocycles. The van der Waals surface area contributed by atoms with Crippen LogP contribution in [0.15, 0.2) is 23.2 Å². The van der Waals surface area contributed by atoms with E-state index in [1.165, 1.54) is 11.1 Å². The number of amidine groups is 1. The minimum atomic E-state index is 0.232. The van der Waals surface area contributed by atoms with Crippen LogP contribution in [0.4, 0.5) is 0 Å². The number of aryl methyl sites for hydroxylation is 2. The maximum absolute atomic E-state index is 5.49. The van der Waals surface area contributed by atoms with Gasteiger partial charge in [-0.05, 0) is 39.3 Å². The molecule has 0 atom stereocenters. The molecule has 0 spiro atoms. The topological polar surface area (TPSA) is 50.4 Å². The molecular weight excluding hydrogens is 186 g/mol. The van der Waals surface area contributed by atoms with Crippen LogP contribution in [0.2, 0.25) is 0 Å². The summed E-state index contributed by atoms with van der Waals surface area (Å²) in [5, 5.41) is 0. The minimum Gasteiger partial charge on any atom is -0.308 e. The monoisotopic (exact) mass is 205 g/mol. The highest BCUT2D eigenvalue weighted by atomic mass is 15.3. The molecule has 0 aromatic heterocycles. The molecule has 0 aliphatic heterocycles. The predicted octanol–water partition coefficient (Wildman–Crippen LogP) is 1.92. The number of nitrogens with zero attached hydrogens (tertiary/aromatic N) is 1. The highest BCUT2D eigenvalue weighted by molar-refractivity contribution is 5.99. The summed E-state index contributed by atoms with van der Waals surface area (Å²) in [4.78, 5) is 4.45. The smallest absolute Gasteiger partial charge is 0.143 e. The zero-order valence-corrected chi connectivity index (χ0v) is 9.83. The van der Waals surface area contributed by atoms with Crippen molar-refractivity contribution in [2.45, 2.75) is 33.7 Å². The van der Waals surface area contributed by atoms with Gasteiger partial charge in [0.05, 0.1) is 0 Å². The van der Waals surface area contributed by atoms with Crippen LogP contribution in [0.1, 0.15) is 30.5 Å². The van der Waals surface area contributed by atoms with Gasteiger partial charge in [-0.2, -0.15) is 0 Å². The van der Waals surface area contributed by atoms with E-state index in [0.717, 1.165) is 11.4 Å². The van der Waals surface area contributed by atoms with Gasteiger partial charge in [-0.15, -0.1) is 0 Å². The molecule has 3 nitrogen and oxygen atoms in total. The molecule has 0 unspecified atom stereocenters. The summed E-state index contributed by atoms with van der Waals surface area (Å²) in [5.41, 5.74) is 6.13. The van der Waals surface area contributed by atoms with Crippen molar-refractivity contribution in [2.24, 2.45) is 10.8 Å². The van der Waals surface area contributed by atoms with Crippen LogP contribution < -0.4 is 11.3 Å². The number of nitrogens with two attached hydrogens (primary N) is 1. The van der Waals surface area contributed by atoms with Crippen LogP contribution in [0, 0.1) is 13.8 Å². The zero-order chi connectivity index (χ0) is 11.4. The van der Waals surface area contributed by atoms with Gasteiger partial charge in [0, 0.05) is 11.6 Å². The van der Waals surface area contributed by atoms with Gasteiger partial charge in [-0.3, -0.25) is 4.99 Å². The van der Waals surface area contributed by atoms with Crippen LogP contribution in [-0.4, -0.2) is 11.9 Å². The third kappa shape index (κ3) is 3.06. The maximum Gasteiger partial charge on any atom is 0.143 e. The fraction of sp³-hybridized carbons (Fsp3) is 0.417. The summed E-state index contributed by atoms with van der Waals surface area (Å²) in [6.07, 6.45) is 0. The van der Waals surface area contributed by atoms with Crippen molar-refractivity contribution in [3.63, 3.8) is 0 Å². The van der Waals surface area contributed by atoms with Gasteiger partial charge in [0.1, 0.15) is 5.84 Å². The molecule has 0 aliphatic carbocycles. The molecule has 1 aromatic carbocycles. The zero-order valence-electron chi connectivity index (χ0n) is 9.83. The first-order valence-corrected chi connectivity index (χ1v) is 5.16. The van der Waals surface area contributed by atoms with Crippen molar-refractivity contribution in [1.29, 1.82) is 0 Å². The lowest BCUT2D eigenvalue weighted by atomic mass is 10.0. The molecule has 15 heavy (non-hydrogen) atoms. The molecule has 0 fully saturated rings. The molecule has 0 bridgehead atoms. The predicted molar refractivity (Wildman–Crippen MR) is 64.9 cm³/mol. The summed E-state index contributed by atoms with van der Waals surface area (Å²) in [6.45, 7) is 8.18. The van der Waals surface area contributed by atoms with Crippen molar-refractivity contribution < 1.29 is 0 Å². The van der Waals surface area contributed by atoms with Crippen LogP contribution in [0.25, 0.3) is 0 Å². The highest BCUT2D eigenvalue weighted by Gasteiger charge is 2.06. The van der Waals surface area contributed by atoms with Crippen molar-refractivity contribution in [2.75, 3.05) is 0 Å². The number of hydrazine groups is 1. The fourth-order valence-corrected chi connectivity index (χ4v) is 1.43. The van der Waals surface area contributed by atoms with E-state index in [9.17, 15) is 0 Å². The Morgan fingerprint density at radius 1 is 1.33 bits per heavy atom. The van der Waals surface area contributed by atoms with Crippen LogP contribution >= 0.6 is 0 Å². The summed E-state index contributed by atoms with van der Waals surface area (Å²) in [7, 11) is 0. The molecular formula is C12H19N3. The Morgan fingerprint density at radius 3 is 2.53 bits per heavy atom. The van der Waals surface area contributed by atoms with E-state index in [-0.39, 0.29) is 6.04 Å². The van der Waals surface area contributed by atoms with Gasteiger partial charge < -0.3 is 5.43 Å². The number of nitrogens with one attached hydrogen (secondary N) is 1. The Morgan fingerprint density at radius 2 is 2.00 bits per heavy atom. The van der Waals surface area contributed by atoms with Crippen LogP contribution in [0.3, 0.4) is 0 Å². The van der Waals surface area contributed by atoms with E-state index >= 15 is 0 Å². The molecule has 1 aromatic rings. The Kier molecular flexibility index (Phi) is 3.86. The van der Waals surface area contributed by atoms with Crippen molar-refractivity contribution in [1.82, 2.24) is 5.43 Å². The summed E-state index contributed by atoms with van der Waals surface area (Å²) < 4.78 is 0. The molecule has 3 heteroatoms. The second-order valence-corrected chi connectivity index (χ2v) is 4.03. The second kappa shape index (κ2) is 4.94. The molecule has 0 amide bonds. The van der Waals surface area contributed by atoms with E-state index in [0.29, 0.717) is 0 Å². The van der Waals surface area contributed by atoms with Crippen LogP contribution in [0.5, 0.6) is 0 Å². The summed E-state index contributed by atoms with van der Waals surface area (Å²) >= 11 is 0. The standard InChI is InChI=1S/C12H19N3/c1-8(2)14-12(15-13)11-7-9(3)5-6-10(11)4/h5-8H,13H2,1-4H3,(H,14,15). The molecule has 0 aliphatic rings. The first-order valence-electron chi connectivity index (χ1n) is 5.16. The van der Waals surface area contributed by atoms with E-state index in [1.807, 2.05) is 13.8 Å². The third-order valence-electron chi connectivity index (χ3n) is 2.17. The van der Waals surface area contributed by atoms with E-state index in [4.69, 9.17) is 5.84 Å². The number of hydrogen-bond donors (Lipinski definition) is 2.